The second kappa shape index (κ2) is 8.99. The van der Waals surface area contributed by atoms with E-state index >= 15 is 0 Å². The molecule has 7 heteroatoms. The number of carbonyl (C=O) groups is 1. The Balaban J connectivity index is 1.36. The van der Waals surface area contributed by atoms with Gasteiger partial charge in [0.05, 0.1) is 0 Å². The van der Waals surface area contributed by atoms with Crippen molar-refractivity contribution < 1.29 is 4.79 Å². The molecule has 2 aliphatic rings. The van der Waals surface area contributed by atoms with Crippen LogP contribution in [0.3, 0.4) is 0 Å². The molecule has 2 aliphatic heterocycles. The number of benzene rings is 1. The number of nitrogens with zero attached hydrogens (tertiary/aromatic N) is 5. The minimum atomic E-state index is 0.0541. The molecule has 4 rings (SSSR count). The second-order valence-electron chi connectivity index (χ2n) is 7.79. The Morgan fingerprint density at radius 3 is 2.31 bits per heavy atom. The van der Waals surface area contributed by atoms with Gasteiger partial charge in [-0.05, 0) is 62.1 Å². The zero-order valence-corrected chi connectivity index (χ0v) is 17.7. The van der Waals surface area contributed by atoms with Gasteiger partial charge in [0.25, 0.3) is 5.91 Å². The zero-order chi connectivity index (χ0) is 20.2. The van der Waals surface area contributed by atoms with E-state index in [-0.39, 0.29) is 5.91 Å². The number of rotatable bonds is 4. The van der Waals surface area contributed by atoms with Gasteiger partial charge in [0, 0.05) is 49.4 Å². The number of piperidine rings is 1. The summed E-state index contributed by atoms with van der Waals surface area (Å²) in [4.78, 5) is 19.2. The van der Waals surface area contributed by atoms with Crippen molar-refractivity contribution in [1.29, 1.82) is 0 Å². The van der Waals surface area contributed by atoms with Crippen LogP contribution in [0.5, 0.6) is 0 Å². The quantitative estimate of drug-likeness (QED) is 0.761. The Morgan fingerprint density at radius 2 is 1.66 bits per heavy atom. The predicted molar refractivity (Wildman–Crippen MR) is 117 cm³/mol. The average molecular weight is 414 g/mol. The van der Waals surface area contributed by atoms with Crippen molar-refractivity contribution in [2.45, 2.75) is 38.6 Å². The van der Waals surface area contributed by atoms with Gasteiger partial charge >= 0.3 is 0 Å². The SMILES string of the molecule is CCC1CCCCN1c1ccc(N2CCN(C(=O)c3ccc(Cl)cc3)CC2)nn1. The number of hydrogen-bond donors (Lipinski definition) is 0. The first-order valence-corrected chi connectivity index (χ1v) is 10.9. The highest BCUT2D eigenvalue weighted by molar-refractivity contribution is 6.30. The zero-order valence-electron chi connectivity index (χ0n) is 16.9. The first-order valence-electron chi connectivity index (χ1n) is 10.6. The Morgan fingerprint density at radius 1 is 0.966 bits per heavy atom. The van der Waals surface area contributed by atoms with Crippen LogP contribution in [0, 0.1) is 0 Å². The molecule has 1 unspecified atom stereocenters. The van der Waals surface area contributed by atoms with E-state index in [4.69, 9.17) is 11.6 Å². The summed E-state index contributed by atoms with van der Waals surface area (Å²) in [5.74, 6) is 1.92. The number of hydrogen-bond acceptors (Lipinski definition) is 5. The molecule has 2 saturated heterocycles. The molecule has 2 fully saturated rings. The normalized spacial score (nSPS) is 20.1. The summed E-state index contributed by atoms with van der Waals surface area (Å²) in [5, 5.41) is 9.67. The topological polar surface area (TPSA) is 52.6 Å². The number of amides is 1. The summed E-state index contributed by atoms with van der Waals surface area (Å²) in [6, 6.07) is 11.8. The summed E-state index contributed by atoms with van der Waals surface area (Å²) in [5.41, 5.74) is 0.680. The third kappa shape index (κ3) is 4.47. The molecule has 1 aromatic carbocycles. The van der Waals surface area contributed by atoms with Crippen LogP contribution >= 0.6 is 11.6 Å². The summed E-state index contributed by atoms with van der Waals surface area (Å²) < 4.78 is 0. The fourth-order valence-electron chi connectivity index (χ4n) is 4.28. The Kier molecular flexibility index (Phi) is 6.19. The van der Waals surface area contributed by atoms with Gasteiger partial charge in [-0.15, -0.1) is 10.2 Å². The lowest BCUT2D eigenvalue weighted by Gasteiger charge is -2.37. The molecule has 2 aromatic rings. The van der Waals surface area contributed by atoms with Crippen molar-refractivity contribution >= 4 is 29.1 Å². The molecule has 1 aromatic heterocycles. The van der Waals surface area contributed by atoms with Crippen molar-refractivity contribution in [2.75, 3.05) is 42.5 Å². The summed E-state index contributed by atoms with van der Waals surface area (Å²) >= 11 is 5.92. The highest BCUT2D eigenvalue weighted by Crippen LogP contribution is 2.25. The van der Waals surface area contributed by atoms with Crippen molar-refractivity contribution in [2.24, 2.45) is 0 Å². The van der Waals surface area contributed by atoms with Gasteiger partial charge < -0.3 is 14.7 Å². The lowest BCUT2D eigenvalue weighted by Crippen LogP contribution is -2.49. The maximum absolute atomic E-state index is 12.7. The molecule has 0 aliphatic carbocycles. The van der Waals surface area contributed by atoms with Gasteiger partial charge in [0.1, 0.15) is 0 Å². The maximum atomic E-state index is 12.7. The molecule has 3 heterocycles. The van der Waals surface area contributed by atoms with Gasteiger partial charge in [-0.2, -0.15) is 0 Å². The molecule has 154 valence electrons. The van der Waals surface area contributed by atoms with Gasteiger partial charge in [0.2, 0.25) is 0 Å². The lowest BCUT2D eigenvalue weighted by atomic mass is 10.0. The second-order valence-corrected chi connectivity index (χ2v) is 8.22. The smallest absolute Gasteiger partial charge is 0.253 e. The molecule has 1 amide bonds. The van der Waals surface area contributed by atoms with E-state index in [0.29, 0.717) is 29.7 Å². The van der Waals surface area contributed by atoms with Crippen LogP contribution < -0.4 is 9.80 Å². The van der Waals surface area contributed by atoms with Crippen molar-refractivity contribution in [3.05, 3.63) is 47.0 Å². The molecule has 0 spiro atoms. The number of anilines is 2. The van der Waals surface area contributed by atoms with Gasteiger partial charge in [-0.1, -0.05) is 18.5 Å². The van der Waals surface area contributed by atoms with Gasteiger partial charge in [-0.25, -0.2) is 0 Å². The molecule has 0 saturated carbocycles. The molecule has 0 bridgehead atoms. The number of piperazine rings is 1. The molecule has 1 atom stereocenters. The van der Waals surface area contributed by atoms with Crippen LogP contribution in [0.25, 0.3) is 0 Å². The van der Waals surface area contributed by atoms with Crippen LogP contribution in [-0.4, -0.2) is 59.8 Å². The van der Waals surface area contributed by atoms with E-state index in [1.807, 2.05) is 4.90 Å². The van der Waals surface area contributed by atoms with Crippen molar-refractivity contribution in [3.8, 4) is 0 Å². The van der Waals surface area contributed by atoms with Crippen LogP contribution in [0.4, 0.5) is 11.6 Å². The Bertz CT molecular complexity index is 818. The van der Waals surface area contributed by atoms with Gasteiger partial charge in [0.15, 0.2) is 11.6 Å². The highest BCUT2D eigenvalue weighted by Gasteiger charge is 2.25. The molecule has 29 heavy (non-hydrogen) atoms. The first kappa shape index (κ1) is 20.0. The first-order chi connectivity index (χ1) is 14.2. The molecule has 0 radical (unpaired) electrons. The third-order valence-corrected chi connectivity index (χ3v) is 6.26. The van der Waals surface area contributed by atoms with Crippen LogP contribution in [-0.2, 0) is 0 Å². The van der Waals surface area contributed by atoms with Gasteiger partial charge in [-0.3, -0.25) is 4.79 Å². The monoisotopic (exact) mass is 413 g/mol. The average Bonchev–Trinajstić information content (AvgIpc) is 2.79. The third-order valence-electron chi connectivity index (χ3n) is 6.01. The highest BCUT2D eigenvalue weighted by atomic mass is 35.5. The van der Waals surface area contributed by atoms with E-state index in [1.54, 1.807) is 24.3 Å². The van der Waals surface area contributed by atoms with E-state index in [9.17, 15) is 4.79 Å². The fraction of sp³-hybridized carbons (Fsp3) is 0.500. The Labute approximate surface area is 177 Å². The maximum Gasteiger partial charge on any atom is 0.253 e. The van der Waals surface area contributed by atoms with Crippen molar-refractivity contribution in [3.63, 3.8) is 0 Å². The molecular formula is C22H28ClN5O. The van der Waals surface area contributed by atoms with Crippen LogP contribution in [0.1, 0.15) is 43.0 Å². The van der Waals surface area contributed by atoms with Crippen molar-refractivity contribution in [1.82, 2.24) is 15.1 Å². The van der Waals surface area contributed by atoms with E-state index in [1.165, 1.54) is 19.3 Å². The minimum absolute atomic E-state index is 0.0541. The fourth-order valence-corrected chi connectivity index (χ4v) is 4.41. The molecular weight excluding hydrogens is 386 g/mol. The minimum Gasteiger partial charge on any atom is -0.352 e. The largest absolute Gasteiger partial charge is 0.352 e. The van der Waals surface area contributed by atoms with E-state index in [0.717, 1.165) is 37.7 Å². The lowest BCUT2D eigenvalue weighted by molar-refractivity contribution is 0.0746. The summed E-state index contributed by atoms with van der Waals surface area (Å²) in [6.07, 6.45) is 4.92. The number of aromatic nitrogens is 2. The molecule has 0 N–H and O–H groups in total. The molecule has 6 nitrogen and oxygen atoms in total. The number of halogens is 1. The summed E-state index contributed by atoms with van der Waals surface area (Å²) in [6.45, 7) is 6.18. The van der Waals surface area contributed by atoms with Crippen LogP contribution in [0.15, 0.2) is 36.4 Å². The Hall–Kier alpha value is -2.34. The number of carbonyl (C=O) groups excluding carboxylic acids is 1. The predicted octanol–water partition coefficient (Wildman–Crippen LogP) is 3.86. The van der Waals surface area contributed by atoms with Crippen LogP contribution in [0.2, 0.25) is 5.02 Å². The van der Waals surface area contributed by atoms with E-state index in [2.05, 4.69) is 39.1 Å². The standard InChI is InChI=1S/C22H28ClN5O/c1-2-19-5-3-4-12-28(19)21-11-10-20(24-25-21)26-13-15-27(16-14-26)22(29)17-6-8-18(23)9-7-17/h6-11,19H,2-5,12-16H2,1H3. The van der Waals surface area contributed by atoms with E-state index < -0.39 is 0 Å². The summed E-state index contributed by atoms with van der Waals surface area (Å²) in [7, 11) is 0.